The van der Waals surface area contributed by atoms with Crippen molar-refractivity contribution in [2.24, 2.45) is 0 Å². The zero-order valence-corrected chi connectivity index (χ0v) is 9.52. The van der Waals surface area contributed by atoms with Crippen LogP contribution in [0.1, 0.15) is 29.0 Å². The fourth-order valence-corrected chi connectivity index (χ4v) is 2.51. The number of thiophene rings is 1. The molecule has 0 bridgehead atoms. The van der Waals surface area contributed by atoms with E-state index in [4.69, 9.17) is 5.26 Å². The van der Waals surface area contributed by atoms with E-state index in [0.717, 1.165) is 24.5 Å². The molecule has 15 heavy (non-hydrogen) atoms. The van der Waals surface area contributed by atoms with Gasteiger partial charge in [0.05, 0.1) is 0 Å². The standard InChI is InChI=1S/C11H15N3S/c12-8-10-4-5-11(15-10)9-13-14-6-2-1-3-7-14/h4-5,13H,1-3,6-7,9H2. The van der Waals surface area contributed by atoms with Gasteiger partial charge in [-0.3, -0.25) is 0 Å². The summed E-state index contributed by atoms with van der Waals surface area (Å²) in [5, 5.41) is 11.0. The van der Waals surface area contributed by atoms with Gasteiger partial charge in [-0.15, -0.1) is 11.3 Å². The van der Waals surface area contributed by atoms with E-state index in [9.17, 15) is 0 Å². The van der Waals surface area contributed by atoms with Gasteiger partial charge in [0.15, 0.2) is 0 Å². The van der Waals surface area contributed by atoms with E-state index in [-0.39, 0.29) is 0 Å². The van der Waals surface area contributed by atoms with Gasteiger partial charge >= 0.3 is 0 Å². The molecule has 80 valence electrons. The van der Waals surface area contributed by atoms with Crippen molar-refractivity contribution in [3.05, 3.63) is 21.9 Å². The molecule has 2 heterocycles. The molecule has 0 unspecified atom stereocenters. The predicted molar refractivity (Wildman–Crippen MR) is 61.3 cm³/mol. The van der Waals surface area contributed by atoms with Gasteiger partial charge in [0.25, 0.3) is 0 Å². The lowest BCUT2D eigenvalue weighted by atomic mass is 10.2. The second-order valence-electron chi connectivity index (χ2n) is 3.76. The summed E-state index contributed by atoms with van der Waals surface area (Å²) >= 11 is 1.57. The van der Waals surface area contributed by atoms with Crippen LogP contribution in [0.2, 0.25) is 0 Å². The number of nitrogens with one attached hydrogen (secondary N) is 1. The second-order valence-corrected chi connectivity index (χ2v) is 4.93. The van der Waals surface area contributed by atoms with Crippen LogP contribution in [0, 0.1) is 11.3 Å². The molecule has 0 spiro atoms. The number of rotatable bonds is 3. The number of hydrazine groups is 1. The molecule has 1 aliphatic heterocycles. The second kappa shape index (κ2) is 5.26. The average molecular weight is 221 g/mol. The Morgan fingerprint density at radius 3 is 2.80 bits per heavy atom. The van der Waals surface area contributed by atoms with Crippen molar-refractivity contribution in [1.29, 1.82) is 5.26 Å². The number of hydrogen-bond donors (Lipinski definition) is 1. The van der Waals surface area contributed by atoms with E-state index < -0.39 is 0 Å². The van der Waals surface area contributed by atoms with E-state index in [2.05, 4.69) is 16.5 Å². The summed E-state index contributed by atoms with van der Waals surface area (Å²) in [4.78, 5) is 2.03. The van der Waals surface area contributed by atoms with Crippen molar-refractivity contribution in [3.63, 3.8) is 0 Å². The minimum Gasteiger partial charge on any atom is -0.250 e. The normalized spacial score (nSPS) is 17.5. The first-order valence-corrected chi connectivity index (χ1v) is 6.17. The lowest BCUT2D eigenvalue weighted by Gasteiger charge is -2.26. The molecular weight excluding hydrogens is 206 g/mol. The zero-order valence-electron chi connectivity index (χ0n) is 8.70. The van der Waals surface area contributed by atoms with Crippen LogP contribution in [0.5, 0.6) is 0 Å². The maximum atomic E-state index is 8.70. The fourth-order valence-electron chi connectivity index (χ4n) is 1.77. The molecule has 0 amide bonds. The van der Waals surface area contributed by atoms with Crippen LogP contribution in [0.4, 0.5) is 0 Å². The third kappa shape index (κ3) is 3.03. The van der Waals surface area contributed by atoms with E-state index >= 15 is 0 Å². The van der Waals surface area contributed by atoms with Crippen LogP contribution >= 0.6 is 11.3 Å². The molecule has 0 radical (unpaired) electrons. The van der Waals surface area contributed by atoms with E-state index in [1.54, 1.807) is 11.3 Å². The Balaban J connectivity index is 1.79. The minimum absolute atomic E-state index is 0.797. The van der Waals surface area contributed by atoms with Gasteiger partial charge < -0.3 is 0 Å². The van der Waals surface area contributed by atoms with Gasteiger partial charge in [0.2, 0.25) is 0 Å². The highest BCUT2D eigenvalue weighted by Crippen LogP contribution is 2.15. The third-order valence-electron chi connectivity index (χ3n) is 2.60. The number of nitriles is 1. The molecule has 0 atom stereocenters. The van der Waals surface area contributed by atoms with Crippen molar-refractivity contribution in [3.8, 4) is 6.07 Å². The summed E-state index contributed by atoms with van der Waals surface area (Å²) in [5.41, 5.74) is 3.41. The molecule has 4 heteroatoms. The molecule has 2 rings (SSSR count). The van der Waals surface area contributed by atoms with Crippen molar-refractivity contribution in [2.45, 2.75) is 25.8 Å². The summed E-state index contributed by atoms with van der Waals surface area (Å²) in [6, 6.07) is 6.08. The number of hydrogen-bond acceptors (Lipinski definition) is 4. The molecule has 1 fully saturated rings. The highest BCUT2D eigenvalue weighted by molar-refractivity contribution is 7.12. The molecule has 1 aliphatic rings. The summed E-state index contributed by atoms with van der Waals surface area (Å²) in [5.74, 6) is 0. The average Bonchev–Trinajstić information content (AvgIpc) is 2.76. The van der Waals surface area contributed by atoms with Crippen LogP contribution in [-0.4, -0.2) is 18.1 Å². The Hall–Kier alpha value is -0.890. The Kier molecular flexibility index (Phi) is 3.73. The molecular formula is C11H15N3S. The fraction of sp³-hybridized carbons (Fsp3) is 0.545. The van der Waals surface area contributed by atoms with Crippen LogP contribution in [0.25, 0.3) is 0 Å². The lowest BCUT2D eigenvalue weighted by molar-refractivity contribution is 0.152. The summed E-state index contributed by atoms with van der Waals surface area (Å²) < 4.78 is 0. The predicted octanol–water partition coefficient (Wildman–Crippen LogP) is 2.11. The van der Waals surface area contributed by atoms with Crippen molar-refractivity contribution >= 4 is 11.3 Å². The summed E-state index contributed by atoms with van der Waals surface area (Å²) in [6.45, 7) is 3.15. The first kappa shape index (κ1) is 10.6. The van der Waals surface area contributed by atoms with Crippen LogP contribution in [0.3, 0.4) is 0 Å². The highest BCUT2D eigenvalue weighted by atomic mass is 32.1. The van der Waals surface area contributed by atoms with Gasteiger partial charge in [0, 0.05) is 24.5 Å². The quantitative estimate of drug-likeness (QED) is 0.849. The lowest BCUT2D eigenvalue weighted by Crippen LogP contribution is -2.40. The Labute approximate surface area is 94.3 Å². The zero-order chi connectivity index (χ0) is 10.5. The monoisotopic (exact) mass is 221 g/mol. The molecule has 1 aromatic heterocycles. The van der Waals surface area contributed by atoms with Crippen LogP contribution in [-0.2, 0) is 6.54 Å². The van der Waals surface area contributed by atoms with E-state index in [1.807, 2.05) is 12.1 Å². The number of nitrogens with zero attached hydrogens (tertiary/aromatic N) is 2. The minimum atomic E-state index is 0.797. The molecule has 1 N–H and O–H groups in total. The number of piperidine rings is 1. The Morgan fingerprint density at radius 2 is 2.13 bits per heavy atom. The summed E-state index contributed by atoms with van der Waals surface area (Å²) in [6.07, 6.45) is 3.94. The van der Waals surface area contributed by atoms with Crippen LogP contribution in [0.15, 0.2) is 12.1 Å². The van der Waals surface area contributed by atoms with E-state index in [1.165, 1.54) is 24.1 Å². The first-order chi connectivity index (χ1) is 7.38. The molecule has 3 nitrogen and oxygen atoms in total. The Morgan fingerprint density at radius 1 is 1.33 bits per heavy atom. The molecule has 1 saturated heterocycles. The van der Waals surface area contributed by atoms with Crippen molar-refractivity contribution in [2.75, 3.05) is 13.1 Å². The van der Waals surface area contributed by atoms with Crippen molar-refractivity contribution in [1.82, 2.24) is 10.4 Å². The molecule has 0 aromatic carbocycles. The molecule has 1 aromatic rings. The SMILES string of the molecule is N#Cc1ccc(CNN2CCCCC2)s1. The smallest absolute Gasteiger partial charge is 0.110 e. The van der Waals surface area contributed by atoms with Gasteiger partial charge in [-0.25, -0.2) is 10.4 Å². The van der Waals surface area contributed by atoms with Crippen molar-refractivity contribution < 1.29 is 0 Å². The highest BCUT2D eigenvalue weighted by Gasteiger charge is 2.09. The maximum Gasteiger partial charge on any atom is 0.110 e. The third-order valence-corrected chi connectivity index (χ3v) is 3.59. The Bertz CT molecular complexity index is 347. The molecule has 0 aliphatic carbocycles. The van der Waals surface area contributed by atoms with Gasteiger partial charge in [-0.05, 0) is 25.0 Å². The van der Waals surface area contributed by atoms with Gasteiger partial charge in [-0.2, -0.15) is 5.26 Å². The summed E-state index contributed by atoms with van der Waals surface area (Å²) in [7, 11) is 0. The van der Waals surface area contributed by atoms with E-state index in [0.29, 0.717) is 0 Å². The molecule has 0 saturated carbocycles. The maximum absolute atomic E-state index is 8.70. The topological polar surface area (TPSA) is 39.1 Å². The van der Waals surface area contributed by atoms with Gasteiger partial charge in [0.1, 0.15) is 10.9 Å². The first-order valence-electron chi connectivity index (χ1n) is 5.36. The largest absolute Gasteiger partial charge is 0.250 e. The van der Waals surface area contributed by atoms with Crippen LogP contribution < -0.4 is 5.43 Å². The van der Waals surface area contributed by atoms with Gasteiger partial charge in [-0.1, -0.05) is 6.42 Å².